The summed E-state index contributed by atoms with van der Waals surface area (Å²) in [5.41, 5.74) is 0.782. The minimum atomic E-state index is -0.0565. The van der Waals surface area contributed by atoms with Crippen LogP contribution in [0.5, 0.6) is 0 Å². The van der Waals surface area contributed by atoms with Crippen LogP contribution in [0.3, 0.4) is 0 Å². The number of nitrogens with zero attached hydrogens (tertiary/aromatic N) is 1. The molecule has 1 aliphatic rings. The Kier molecular flexibility index (Phi) is 5.13. The lowest BCUT2D eigenvalue weighted by Gasteiger charge is -2.34. The van der Waals surface area contributed by atoms with Gasteiger partial charge in [0.1, 0.15) is 0 Å². The Morgan fingerprint density at radius 1 is 1.32 bits per heavy atom. The predicted molar refractivity (Wildman–Crippen MR) is 79.5 cm³/mol. The summed E-state index contributed by atoms with van der Waals surface area (Å²) in [6.07, 6.45) is 2.37. The first-order valence-electron chi connectivity index (χ1n) is 6.68. The molecule has 0 aliphatic carbocycles. The summed E-state index contributed by atoms with van der Waals surface area (Å²) in [4.78, 5) is 14.7. The number of carbonyl (C=O) groups excluding carboxylic acids is 1. The van der Waals surface area contributed by atoms with Crippen molar-refractivity contribution in [2.45, 2.75) is 31.9 Å². The number of ketones is 1. The standard InChI is InChI=1S/C15H20BrNO2/c1-11(17-9-7-14(19-2)8-10-17)15(18)12-3-5-13(16)6-4-12/h3-6,11,14H,7-10H2,1-2H3. The monoisotopic (exact) mass is 325 g/mol. The normalized spacial score (nSPS) is 19.3. The average molecular weight is 326 g/mol. The topological polar surface area (TPSA) is 29.5 Å². The first-order chi connectivity index (χ1) is 9.11. The highest BCUT2D eigenvalue weighted by Gasteiger charge is 2.26. The molecule has 4 heteroatoms. The molecule has 2 rings (SSSR count). The van der Waals surface area contributed by atoms with Crippen molar-refractivity contribution in [3.63, 3.8) is 0 Å². The van der Waals surface area contributed by atoms with Crippen LogP contribution in [0.1, 0.15) is 30.1 Å². The minimum absolute atomic E-state index is 0.0565. The molecule has 0 amide bonds. The van der Waals surface area contributed by atoms with E-state index in [2.05, 4.69) is 20.8 Å². The van der Waals surface area contributed by atoms with Crippen molar-refractivity contribution in [1.82, 2.24) is 4.90 Å². The highest BCUT2D eigenvalue weighted by Crippen LogP contribution is 2.18. The van der Waals surface area contributed by atoms with E-state index >= 15 is 0 Å². The number of carbonyl (C=O) groups is 1. The molecule has 1 aliphatic heterocycles. The van der Waals surface area contributed by atoms with E-state index in [9.17, 15) is 4.79 Å². The van der Waals surface area contributed by atoms with Gasteiger partial charge in [-0.25, -0.2) is 0 Å². The number of rotatable bonds is 4. The van der Waals surface area contributed by atoms with E-state index in [-0.39, 0.29) is 11.8 Å². The lowest BCUT2D eigenvalue weighted by atomic mass is 10.0. The Morgan fingerprint density at radius 2 is 1.89 bits per heavy atom. The van der Waals surface area contributed by atoms with Crippen LogP contribution in [0, 0.1) is 0 Å². The van der Waals surface area contributed by atoms with Crippen molar-refractivity contribution in [1.29, 1.82) is 0 Å². The molecule has 1 fully saturated rings. The smallest absolute Gasteiger partial charge is 0.179 e. The maximum absolute atomic E-state index is 12.4. The van der Waals surface area contributed by atoms with Gasteiger partial charge >= 0.3 is 0 Å². The third-order valence-electron chi connectivity index (χ3n) is 3.87. The second-order valence-corrected chi connectivity index (χ2v) is 5.93. The van der Waals surface area contributed by atoms with Crippen molar-refractivity contribution in [3.05, 3.63) is 34.3 Å². The molecule has 0 radical (unpaired) electrons. The van der Waals surface area contributed by atoms with Gasteiger partial charge in [0.05, 0.1) is 12.1 Å². The summed E-state index contributed by atoms with van der Waals surface area (Å²) in [5.74, 6) is 0.198. The molecular formula is C15H20BrNO2. The zero-order chi connectivity index (χ0) is 13.8. The predicted octanol–water partition coefficient (Wildman–Crippen LogP) is 3.13. The van der Waals surface area contributed by atoms with Gasteiger partial charge in [-0.2, -0.15) is 0 Å². The van der Waals surface area contributed by atoms with Crippen LogP contribution in [0.4, 0.5) is 0 Å². The molecule has 0 saturated carbocycles. The Hall–Kier alpha value is -0.710. The van der Waals surface area contributed by atoms with E-state index in [0.717, 1.165) is 36.0 Å². The summed E-state index contributed by atoms with van der Waals surface area (Å²) in [7, 11) is 1.76. The van der Waals surface area contributed by atoms with Crippen molar-refractivity contribution in [2.75, 3.05) is 20.2 Å². The van der Waals surface area contributed by atoms with Crippen LogP contribution in [-0.2, 0) is 4.74 Å². The van der Waals surface area contributed by atoms with E-state index in [4.69, 9.17) is 4.74 Å². The van der Waals surface area contributed by atoms with Crippen molar-refractivity contribution in [3.8, 4) is 0 Å². The van der Waals surface area contributed by atoms with Crippen LogP contribution < -0.4 is 0 Å². The van der Waals surface area contributed by atoms with E-state index in [1.165, 1.54) is 0 Å². The first kappa shape index (κ1) is 14.7. The van der Waals surface area contributed by atoms with Crippen LogP contribution in [0.2, 0.25) is 0 Å². The molecule has 0 aromatic heterocycles. The molecule has 19 heavy (non-hydrogen) atoms. The fourth-order valence-corrected chi connectivity index (χ4v) is 2.78. The Labute approximate surface area is 123 Å². The molecule has 0 spiro atoms. The van der Waals surface area contributed by atoms with Crippen molar-refractivity contribution in [2.24, 2.45) is 0 Å². The van der Waals surface area contributed by atoms with Crippen LogP contribution in [0.25, 0.3) is 0 Å². The summed E-state index contributed by atoms with van der Waals surface area (Å²) in [6.45, 7) is 3.86. The van der Waals surface area contributed by atoms with Gasteiger partial charge < -0.3 is 4.74 Å². The molecule has 104 valence electrons. The maximum atomic E-state index is 12.4. The SMILES string of the molecule is COC1CCN(C(C)C(=O)c2ccc(Br)cc2)CC1. The Balaban J connectivity index is 1.98. The van der Waals surface area contributed by atoms with Crippen molar-refractivity contribution < 1.29 is 9.53 Å². The summed E-state index contributed by atoms with van der Waals surface area (Å²) in [6, 6.07) is 7.53. The third-order valence-corrected chi connectivity index (χ3v) is 4.39. The van der Waals surface area contributed by atoms with Gasteiger partial charge in [-0.1, -0.05) is 28.1 Å². The number of piperidine rings is 1. The van der Waals surface area contributed by atoms with Crippen molar-refractivity contribution >= 4 is 21.7 Å². The third kappa shape index (κ3) is 3.65. The fraction of sp³-hybridized carbons (Fsp3) is 0.533. The maximum Gasteiger partial charge on any atom is 0.179 e. The number of methoxy groups -OCH3 is 1. The summed E-state index contributed by atoms with van der Waals surface area (Å²) < 4.78 is 6.36. The second kappa shape index (κ2) is 6.64. The summed E-state index contributed by atoms with van der Waals surface area (Å²) >= 11 is 3.39. The number of hydrogen-bond acceptors (Lipinski definition) is 3. The minimum Gasteiger partial charge on any atom is -0.381 e. The molecule has 3 nitrogen and oxygen atoms in total. The number of likely N-dealkylation sites (tertiary alicyclic amines) is 1. The quantitative estimate of drug-likeness (QED) is 0.796. The number of Topliss-reactive ketones (excluding diaryl/α,β-unsaturated/α-hetero) is 1. The lowest BCUT2D eigenvalue weighted by Crippen LogP contribution is -2.45. The molecule has 0 N–H and O–H groups in total. The Morgan fingerprint density at radius 3 is 2.42 bits per heavy atom. The average Bonchev–Trinajstić information content (AvgIpc) is 2.46. The largest absolute Gasteiger partial charge is 0.381 e. The Bertz CT molecular complexity index is 424. The number of hydrogen-bond donors (Lipinski definition) is 0. The number of benzene rings is 1. The highest BCUT2D eigenvalue weighted by atomic mass is 79.9. The molecule has 1 atom stereocenters. The van der Waals surface area contributed by atoms with Gasteiger partial charge in [-0.05, 0) is 31.9 Å². The molecule has 1 heterocycles. The zero-order valence-corrected chi connectivity index (χ0v) is 13.0. The van der Waals surface area contributed by atoms with E-state index in [1.807, 2.05) is 31.2 Å². The van der Waals surface area contributed by atoms with E-state index in [0.29, 0.717) is 6.10 Å². The van der Waals surface area contributed by atoms with Gasteiger partial charge in [-0.15, -0.1) is 0 Å². The van der Waals surface area contributed by atoms with Gasteiger partial charge in [0, 0.05) is 30.2 Å². The van der Waals surface area contributed by atoms with Gasteiger partial charge in [0.2, 0.25) is 0 Å². The number of ether oxygens (including phenoxy) is 1. The molecule has 1 aromatic rings. The van der Waals surface area contributed by atoms with Gasteiger partial charge in [-0.3, -0.25) is 9.69 Å². The van der Waals surface area contributed by atoms with E-state index < -0.39 is 0 Å². The summed E-state index contributed by atoms with van der Waals surface area (Å²) in [5, 5.41) is 0. The zero-order valence-electron chi connectivity index (χ0n) is 11.4. The van der Waals surface area contributed by atoms with E-state index in [1.54, 1.807) is 7.11 Å². The van der Waals surface area contributed by atoms with Crippen LogP contribution in [-0.4, -0.2) is 43.0 Å². The van der Waals surface area contributed by atoms with Crippen LogP contribution in [0.15, 0.2) is 28.7 Å². The fourth-order valence-electron chi connectivity index (χ4n) is 2.52. The molecule has 1 saturated heterocycles. The van der Waals surface area contributed by atoms with Crippen LogP contribution >= 0.6 is 15.9 Å². The lowest BCUT2D eigenvalue weighted by molar-refractivity contribution is 0.0289. The molecule has 0 bridgehead atoms. The first-order valence-corrected chi connectivity index (χ1v) is 7.47. The molecule has 1 aromatic carbocycles. The van der Waals surface area contributed by atoms with Gasteiger partial charge in [0.25, 0.3) is 0 Å². The van der Waals surface area contributed by atoms with Gasteiger partial charge in [0.15, 0.2) is 5.78 Å². The number of halogens is 1. The highest BCUT2D eigenvalue weighted by molar-refractivity contribution is 9.10. The molecule has 1 unspecified atom stereocenters. The molecular weight excluding hydrogens is 306 g/mol. The second-order valence-electron chi connectivity index (χ2n) is 5.02.